The Kier molecular flexibility index (Phi) is 7.15. The molecule has 0 spiro atoms. The Morgan fingerprint density at radius 2 is 1.70 bits per heavy atom. The molecule has 0 saturated heterocycles. The summed E-state index contributed by atoms with van der Waals surface area (Å²) in [4.78, 5) is 14.8. The van der Waals surface area contributed by atoms with Gasteiger partial charge in [0.15, 0.2) is 5.82 Å². The zero-order valence-corrected chi connectivity index (χ0v) is 19.8. The van der Waals surface area contributed by atoms with Gasteiger partial charge in [-0.25, -0.2) is 4.39 Å². The Bertz CT molecular complexity index is 1140. The van der Waals surface area contributed by atoms with Crippen LogP contribution in [0.2, 0.25) is 15.1 Å². The minimum Gasteiger partial charge on any atom is -0.397 e. The van der Waals surface area contributed by atoms with Gasteiger partial charge >= 0.3 is 0 Å². The van der Waals surface area contributed by atoms with E-state index in [9.17, 15) is 14.3 Å². The average molecular weight is 508 g/mol. The van der Waals surface area contributed by atoms with Crippen LogP contribution in [0, 0.1) is 5.82 Å². The average Bonchev–Trinajstić information content (AvgIpc) is 3.64. The van der Waals surface area contributed by atoms with Gasteiger partial charge in [-0.1, -0.05) is 71.2 Å². The number of aliphatic hydroxyl groups is 1. The Balaban J connectivity index is 1.65. The first-order chi connectivity index (χ1) is 15.7. The van der Waals surface area contributed by atoms with Gasteiger partial charge in [0.05, 0.1) is 28.4 Å². The number of anilines is 1. The molecule has 3 aromatic carbocycles. The van der Waals surface area contributed by atoms with E-state index in [2.05, 4.69) is 0 Å². The lowest BCUT2D eigenvalue weighted by atomic mass is 10.0. The SMILES string of the molecule is Nc1c(Cl)cc(Cl)c(F)c1C(=O)N(Cc1ccc(C2CC2)cc1)CC(O)c1ccc(Cl)cc1. The number of hydrogen-bond acceptors (Lipinski definition) is 3. The molecule has 1 aliphatic carbocycles. The predicted molar refractivity (Wildman–Crippen MR) is 130 cm³/mol. The van der Waals surface area contributed by atoms with E-state index in [4.69, 9.17) is 40.5 Å². The summed E-state index contributed by atoms with van der Waals surface area (Å²) in [5.74, 6) is -1.06. The minimum atomic E-state index is -1.03. The number of nitrogen functional groups attached to an aromatic ring is 1. The summed E-state index contributed by atoms with van der Waals surface area (Å²) in [6.07, 6.45) is 1.34. The number of halogens is 4. The molecular weight excluding hydrogens is 486 g/mol. The number of aliphatic hydroxyl groups excluding tert-OH is 1. The van der Waals surface area contributed by atoms with E-state index in [1.54, 1.807) is 24.3 Å². The first kappa shape index (κ1) is 23.8. The zero-order chi connectivity index (χ0) is 23.7. The van der Waals surface area contributed by atoms with Crippen LogP contribution in [0.15, 0.2) is 54.6 Å². The number of amides is 1. The number of nitrogens with two attached hydrogens (primary N) is 1. The predicted octanol–water partition coefficient (Wildman–Crippen LogP) is 6.62. The van der Waals surface area contributed by atoms with E-state index in [0.29, 0.717) is 16.5 Å². The Hall–Kier alpha value is -2.31. The van der Waals surface area contributed by atoms with Crippen molar-refractivity contribution in [3.8, 4) is 0 Å². The molecule has 172 valence electrons. The van der Waals surface area contributed by atoms with Crippen LogP contribution in [0.25, 0.3) is 0 Å². The summed E-state index contributed by atoms with van der Waals surface area (Å²) in [6, 6.07) is 15.8. The zero-order valence-electron chi connectivity index (χ0n) is 17.6. The smallest absolute Gasteiger partial charge is 0.259 e. The maximum absolute atomic E-state index is 14.9. The third-order valence-corrected chi connectivity index (χ3v) is 6.60. The molecule has 1 atom stereocenters. The third kappa shape index (κ3) is 5.44. The summed E-state index contributed by atoms with van der Waals surface area (Å²) in [5.41, 5.74) is 8.00. The van der Waals surface area contributed by atoms with Crippen molar-refractivity contribution in [2.24, 2.45) is 0 Å². The molecule has 0 aromatic heterocycles. The van der Waals surface area contributed by atoms with E-state index in [1.807, 2.05) is 24.3 Å². The normalized spacial score (nSPS) is 14.2. The highest BCUT2D eigenvalue weighted by Crippen LogP contribution is 2.40. The summed E-state index contributed by atoms with van der Waals surface area (Å²) in [5, 5.41) is 11.0. The maximum atomic E-state index is 14.9. The molecule has 1 fully saturated rings. The molecule has 0 bridgehead atoms. The lowest BCUT2D eigenvalue weighted by Gasteiger charge is -2.27. The minimum absolute atomic E-state index is 0.0169. The van der Waals surface area contributed by atoms with Crippen molar-refractivity contribution in [2.75, 3.05) is 12.3 Å². The van der Waals surface area contributed by atoms with Crippen LogP contribution in [-0.4, -0.2) is 22.5 Å². The highest BCUT2D eigenvalue weighted by molar-refractivity contribution is 6.37. The molecule has 8 heteroatoms. The van der Waals surface area contributed by atoms with Crippen LogP contribution < -0.4 is 5.73 Å². The standard InChI is InChI=1S/C25H22Cl3FN2O2/c26-18-9-7-17(8-10-18)21(32)13-31(12-14-1-3-15(4-2-14)16-5-6-16)25(33)22-23(29)19(27)11-20(28)24(22)30/h1-4,7-11,16,21,32H,5-6,12-13,30H2. The van der Waals surface area contributed by atoms with Crippen LogP contribution in [0.1, 0.15) is 51.9 Å². The van der Waals surface area contributed by atoms with Crippen molar-refractivity contribution in [3.05, 3.63) is 97.7 Å². The molecule has 1 saturated carbocycles. The largest absolute Gasteiger partial charge is 0.397 e. The van der Waals surface area contributed by atoms with Gasteiger partial charge in [0.2, 0.25) is 0 Å². The monoisotopic (exact) mass is 506 g/mol. The van der Waals surface area contributed by atoms with Crippen molar-refractivity contribution in [1.29, 1.82) is 0 Å². The summed E-state index contributed by atoms with van der Waals surface area (Å²) >= 11 is 17.9. The Morgan fingerprint density at radius 3 is 2.30 bits per heavy atom. The van der Waals surface area contributed by atoms with Crippen LogP contribution in [0.5, 0.6) is 0 Å². The molecule has 1 amide bonds. The highest BCUT2D eigenvalue weighted by Gasteiger charge is 2.28. The van der Waals surface area contributed by atoms with E-state index in [-0.39, 0.29) is 28.8 Å². The molecule has 0 heterocycles. The Labute approximate surface area is 206 Å². The van der Waals surface area contributed by atoms with E-state index < -0.39 is 23.4 Å². The van der Waals surface area contributed by atoms with Gasteiger partial charge < -0.3 is 15.7 Å². The molecule has 1 unspecified atom stereocenters. The van der Waals surface area contributed by atoms with Crippen LogP contribution in [0.4, 0.5) is 10.1 Å². The number of carbonyl (C=O) groups is 1. The fraction of sp³-hybridized carbons (Fsp3) is 0.240. The number of benzene rings is 3. The number of carbonyl (C=O) groups excluding carboxylic acids is 1. The molecule has 0 aliphatic heterocycles. The van der Waals surface area contributed by atoms with Gasteiger partial charge in [0, 0.05) is 11.6 Å². The fourth-order valence-electron chi connectivity index (χ4n) is 3.73. The lowest BCUT2D eigenvalue weighted by molar-refractivity contribution is 0.0600. The quantitative estimate of drug-likeness (QED) is 0.279. The van der Waals surface area contributed by atoms with Crippen molar-refractivity contribution in [1.82, 2.24) is 4.90 Å². The lowest BCUT2D eigenvalue weighted by Crippen LogP contribution is -2.35. The van der Waals surface area contributed by atoms with Crippen molar-refractivity contribution >= 4 is 46.4 Å². The Morgan fingerprint density at radius 1 is 1.06 bits per heavy atom. The van der Waals surface area contributed by atoms with Crippen LogP contribution in [0.3, 0.4) is 0 Å². The van der Waals surface area contributed by atoms with Crippen LogP contribution in [-0.2, 0) is 6.54 Å². The fourth-order valence-corrected chi connectivity index (χ4v) is 4.32. The summed E-state index contributed by atoms with van der Waals surface area (Å²) in [7, 11) is 0. The van der Waals surface area contributed by atoms with Gasteiger partial charge in [-0.05, 0) is 53.6 Å². The van der Waals surface area contributed by atoms with Crippen molar-refractivity contribution in [2.45, 2.75) is 31.4 Å². The van der Waals surface area contributed by atoms with Gasteiger partial charge in [-0.15, -0.1) is 0 Å². The van der Waals surface area contributed by atoms with Gasteiger partial charge in [-0.3, -0.25) is 4.79 Å². The van der Waals surface area contributed by atoms with Crippen LogP contribution >= 0.6 is 34.8 Å². The van der Waals surface area contributed by atoms with Crippen molar-refractivity contribution in [3.63, 3.8) is 0 Å². The molecular formula is C25H22Cl3FN2O2. The van der Waals surface area contributed by atoms with Gasteiger partial charge in [0.1, 0.15) is 5.56 Å². The van der Waals surface area contributed by atoms with Crippen molar-refractivity contribution < 1.29 is 14.3 Å². The molecule has 0 radical (unpaired) electrons. The highest BCUT2D eigenvalue weighted by atomic mass is 35.5. The van der Waals surface area contributed by atoms with E-state index in [1.165, 1.54) is 23.3 Å². The van der Waals surface area contributed by atoms with E-state index in [0.717, 1.165) is 11.6 Å². The number of rotatable bonds is 7. The molecule has 3 aromatic rings. The second kappa shape index (κ2) is 9.90. The number of nitrogens with zero attached hydrogens (tertiary/aromatic N) is 1. The maximum Gasteiger partial charge on any atom is 0.259 e. The second-order valence-electron chi connectivity index (χ2n) is 8.21. The first-order valence-electron chi connectivity index (χ1n) is 10.5. The molecule has 3 N–H and O–H groups in total. The first-order valence-corrected chi connectivity index (χ1v) is 11.6. The topological polar surface area (TPSA) is 66.6 Å². The molecule has 4 rings (SSSR count). The molecule has 4 nitrogen and oxygen atoms in total. The van der Waals surface area contributed by atoms with Gasteiger partial charge in [0.25, 0.3) is 5.91 Å². The molecule has 33 heavy (non-hydrogen) atoms. The van der Waals surface area contributed by atoms with E-state index >= 15 is 0 Å². The second-order valence-corrected chi connectivity index (χ2v) is 9.46. The molecule has 1 aliphatic rings. The summed E-state index contributed by atoms with van der Waals surface area (Å²) in [6.45, 7) is 0.0330. The summed E-state index contributed by atoms with van der Waals surface area (Å²) < 4.78 is 14.9. The number of hydrogen-bond donors (Lipinski definition) is 2. The third-order valence-electron chi connectivity index (χ3n) is 5.76. The van der Waals surface area contributed by atoms with Gasteiger partial charge in [-0.2, -0.15) is 0 Å².